The van der Waals surface area contributed by atoms with Gasteiger partial charge >= 0.3 is 5.97 Å². The molecular weight excluding hydrogens is 536 g/mol. The van der Waals surface area contributed by atoms with Gasteiger partial charge in [0, 0.05) is 5.39 Å². The van der Waals surface area contributed by atoms with Crippen LogP contribution in [-0.4, -0.2) is 29.9 Å². The van der Waals surface area contributed by atoms with Gasteiger partial charge in [-0.05, 0) is 68.5 Å². The molecule has 2 heterocycles. The van der Waals surface area contributed by atoms with Gasteiger partial charge in [-0.2, -0.15) is 0 Å². The summed E-state index contributed by atoms with van der Waals surface area (Å²) in [6, 6.07) is 18.5. The third kappa shape index (κ3) is 5.60. The van der Waals surface area contributed by atoms with Crippen molar-refractivity contribution in [2.75, 3.05) is 13.2 Å². The van der Waals surface area contributed by atoms with Crippen molar-refractivity contribution in [2.45, 2.75) is 39.8 Å². The van der Waals surface area contributed by atoms with E-state index >= 15 is 0 Å². The van der Waals surface area contributed by atoms with Crippen LogP contribution in [0.5, 0.6) is 11.5 Å². The second-order valence-electron chi connectivity index (χ2n) is 9.84. The molecule has 1 atom stereocenters. The van der Waals surface area contributed by atoms with E-state index < -0.39 is 12.0 Å². The van der Waals surface area contributed by atoms with E-state index in [0.717, 1.165) is 27.6 Å². The molecule has 5 rings (SSSR count). The Hall–Kier alpha value is -4.43. The van der Waals surface area contributed by atoms with Gasteiger partial charge in [0.2, 0.25) is 0 Å². The Morgan fingerprint density at radius 1 is 1.10 bits per heavy atom. The van der Waals surface area contributed by atoms with Crippen LogP contribution in [0.4, 0.5) is 0 Å². The molecular formula is C33H32N2O5S. The maximum atomic E-state index is 14.0. The lowest BCUT2D eigenvalue weighted by molar-refractivity contribution is -0.139. The van der Waals surface area contributed by atoms with Crippen molar-refractivity contribution in [1.29, 1.82) is 0 Å². The zero-order chi connectivity index (χ0) is 29.1. The van der Waals surface area contributed by atoms with Crippen molar-refractivity contribution in [3.05, 3.63) is 115 Å². The predicted molar refractivity (Wildman–Crippen MR) is 162 cm³/mol. The standard InChI is InChI=1S/C33H32N2O5S/c1-6-18-39-24-15-12-22(13-16-24)30-29(32(37)38-7-2)21(5)34-33-35(30)31(36)28(41-33)19-23-14-17-27(40-20(3)4)26-11-9-8-10-25(23)26/h6,8-17,19-20,30H,1,7,18H2,2-5H3/b28-19+/t30-/m1/s1. The zero-order valence-corrected chi connectivity index (χ0v) is 24.4. The first-order valence-corrected chi connectivity index (χ1v) is 14.4. The van der Waals surface area contributed by atoms with Crippen molar-refractivity contribution in [3.8, 4) is 11.5 Å². The molecule has 0 unspecified atom stereocenters. The third-order valence-corrected chi connectivity index (χ3v) is 7.63. The Morgan fingerprint density at radius 2 is 1.83 bits per heavy atom. The molecule has 0 bridgehead atoms. The minimum Gasteiger partial charge on any atom is -0.490 e. The average molecular weight is 569 g/mol. The SMILES string of the molecule is C=CCOc1ccc([C@@H]2C(C(=O)OCC)=C(C)N=c3s/c(=C/c4ccc(OC(C)C)c5ccccc45)c(=O)n32)cc1. The molecule has 3 aromatic carbocycles. The number of benzene rings is 3. The first-order valence-electron chi connectivity index (χ1n) is 13.5. The van der Waals surface area contributed by atoms with E-state index in [1.54, 1.807) is 24.5 Å². The number of aromatic nitrogens is 1. The zero-order valence-electron chi connectivity index (χ0n) is 23.5. The molecule has 1 aliphatic rings. The molecule has 0 saturated carbocycles. The summed E-state index contributed by atoms with van der Waals surface area (Å²) in [7, 11) is 0. The number of thiazole rings is 1. The van der Waals surface area contributed by atoms with Crippen LogP contribution < -0.4 is 24.4 Å². The molecule has 0 radical (unpaired) electrons. The molecule has 41 heavy (non-hydrogen) atoms. The summed E-state index contributed by atoms with van der Waals surface area (Å²) in [4.78, 5) is 32.4. The lowest BCUT2D eigenvalue weighted by Gasteiger charge is -2.24. The van der Waals surface area contributed by atoms with Crippen molar-refractivity contribution >= 4 is 34.2 Å². The molecule has 0 saturated heterocycles. The molecule has 0 spiro atoms. The van der Waals surface area contributed by atoms with Crippen molar-refractivity contribution < 1.29 is 19.0 Å². The van der Waals surface area contributed by atoms with Gasteiger partial charge in [-0.1, -0.05) is 66.5 Å². The Kier molecular flexibility index (Phi) is 8.21. The summed E-state index contributed by atoms with van der Waals surface area (Å²) in [5.41, 5.74) is 2.27. The molecule has 1 aromatic heterocycles. The van der Waals surface area contributed by atoms with E-state index in [1.807, 2.05) is 80.6 Å². The van der Waals surface area contributed by atoms with Crippen LogP contribution in [0.3, 0.4) is 0 Å². The number of carbonyl (C=O) groups is 1. The van der Waals surface area contributed by atoms with E-state index in [2.05, 4.69) is 11.6 Å². The Balaban J connectivity index is 1.67. The van der Waals surface area contributed by atoms with Gasteiger partial charge in [-0.15, -0.1) is 0 Å². The molecule has 0 amide bonds. The number of hydrogen-bond donors (Lipinski definition) is 0. The largest absolute Gasteiger partial charge is 0.490 e. The van der Waals surface area contributed by atoms with Crippen LogP contribution >= 0.6 is 11.3 Å². The second kappa shape index (κ2) is 12.0. The lowest BCUT2D eigenvalue weighted by atomic mass is 9.96. The smallest absolute Gasteiger partial charge is 0.338 e. The molecule has 7 nitrogen and oxygen atoms in total. The normalized spacial score (nSPS) is 15.0. The highest BCUT2D eigenvalue weighted by Gasteiger charge is 2.33. The Morgan fingerprint density at radius 3 is 2.51 bits per heavy atom. The average Bonchev–Trinajstić information content (AvgIpc) is 3.26. The second-order valence-corrected chi connectivity index (χ2v) is 10.8. The number of rotatable bonds is 9. The summed E-state index contributed by atoms with van der Waals surface area (Å²) >= 11 is 1.30. The summed E-state index contributed by atoms with van der Waals surface area (Å²) in [6.45, 7) is 11.8. The number of fused-ring (bicyclic) bond motifs is 2. The number of allylic oxidation sites excluding steroid dienone is 1. The highest BCUT2D eigenvalue weighted by atomic mass is 32.1. The quantitative estimate of drug-likeness (QED) is 0.202. The lowest BCUT2D eigenvalue weighted by Crippen LogP contribution is -2.39. The number of esters is 1. The van der Waals surface area contributed by atoms with Crippen LogP contribution in [0.15, 0.2) is 94.4 Å². The van der Waals surface area contributed by atoms with E-state index in [-0.39, 0.29) is 18.3 Å². The molecule has 4 aromatic rings. The van der Waals surface area contributed by atoms with Crippen LogP contribution in [0, 0.1) is 0 Å². The Bertz CT molecular complexity index is 1830. The van der Waals surface area contributed by atoms with Gasteiger partial charge in [0.15, 0.2) is 4.80 Å². The van der Waals surface area contributed by atoms with Gasteiger partial charge in [0.25, 0.3) is 5.56 Å². The van der Waals surface area contributed by atoms with E-state index in [4.69, 9.17) is 14.2 Å². The fraction of sp³-hybridized carbons (Fsp3) is 0.242. The number of carbonyl (C=O) groups excluding carboxylic acids is 1. The van der Waals surface area contributed by atoms with Crippen molar-refractivity contribution in [1.82, 2.24) is 4.57 Å². The minimum atomic E-state index is -0.695. The summed E-state index contributed by atoms with van der Waals surface area (Å²) < 4.78 is 19.2. The van der Waals surface area contributed by atoms with Crippen LogP contribution in [0.1, 0.15) is 44.9 Å². The van der Waals surface area contributed by atoms with Gasteiger partial charge in [-0.25, -0.2) is 9.79 Å². The van der Waals surface area contributed by atoms with Gasteiger partial charge in [-0.3, -0.25) is 9.36 Å². The highest BCUT2D eigenvalue weighted by Crippen LogP contribution is 2.32. The fourth-order valence-corrected chi connectivity index (χ4v) is 5.96. The van der Waals surface area contributed by atoms with Gasteiger partial charge in [0.1, 0.15) is 18.1 Å². The summed E-state index contributed by atoms with van der Waals surface area (Å²) in [5, 5.41) is 1.95. The first kappa shape index (κ1) is 28.1. The van der Waals surface area contributed by atoms with E-state index in [1.165, 1.54) is 11.3 Å². The van der Waals surface area contributed by atoms with Crippen molar-refractivity contribution in [3.63, 3.8) is 0 Å². The topological polar surface area (TPSA) is 79.1 Å². The number of nitrogens with zero attached hydrogens (tertiary/aromatic N) is 2. The van der Waals surface area contributed by atoms with Crippen molar-refractivity contribution in [2.24, 2.45) is 4.99 Å². The van der Waals surface area contributed by atoms with E-state index in [9.17, 15) is 9.59 Å². The van der Waals surface area contributed by atoms with Gasteiger partial charge < -0.3 is 14.2 Å². The Labute approximate surface area is 242 Å². The van der Waals surface area contributed by atoms with Gasteiger partial charge in [0.05, 0.1) is 34.6 Å². The molecule has 0 N–H and O–H groups in total. The maximum absolute atomic E-state index is 14.0. The first-order chi connectivity index (χ1) is 19.8. The molecule has 1 aliphatic heterocycles. The predicted octanol–water partition coefficient (Wildman–Crippen LogP) is 5.30. The highest BCUT2D eigenvalue weighted by molar-refractivity contribution is 7.07. The third-order valence-electron chi connectivity index (χ3n) is 6.65. The van der Waals surface area contributed by atoms with Crippen LogP contribution in [0.2, 0.25) is 0 Å². The maximum Gasteiger partial charge on any atom is 0.338 e. The summed E-state index contributed by atoms with van der Waals surface area (Å²) in [5.74, 6) is 0.965. The minimum absolute atomic E-state index is 0.0346. The molecule has 0 aliphatic carbocycles. The fourth-order valence-electron chi connectivity index (χ4n) is 4.93. The molecule has 210 valence electrons. The molecule has 0 fully saturated rings. The number of hydrogen-bond acceptors (Lipinski definition) is 7. The number of ether oxygens (including phenoxy) is 3. The molecule has 8 heteroatoms. The van der Waals surface area contributed by atoms with Crippen LogP contribution in [0.25, 0.3) is 16.8 Å². The van der Waals surface area contributed by atoms with E-state index in [0.29, 0.717) is 33.0 Å². The monoisotopic (exact) mass is 568 g/mol. The summed E-state index contributed by atoms with van der Waals surface area (Å²) in [6.07, 6.45) is 3.59. The van der Waals surface area contributed by atoms with Crippen LogP contribution in [-0.2, 0) is 9.53 Å².